The Bertz CT molecular complexity index is 422. The van der Waals surface area contributed by atoms with Crippen molar-refractivity contribution in [3.05, 3.63) is 29.9 Å². The zero-order valence-electron chi connectivity index (χ0n) is 7.48. The maximum absolute atomic E-state index is 4.89. The van der Waals surface area contributed by atoms with Crippen molar-refractivity contribution in [3.8, 4) is 11.4 Å². The first-order valence-electron chi connectivity index (χ1n) is 3.98. The number of hydrogen-bond acceptors (Lipinski definition) is 4. The van der Waals surface area contributed by atoms with E-state index in [1.54, 1.807) is 19.3 Å². The van der Waals surface area contributed by atoms with Crippen molar-refractivity contribution in [1.29, 1.82) is 0 Å². The lowest BCUT2D eigenvalue weighted by molar-refractivity contribution is 0.394. The third-order valence-electron chi connectivity index (χ3n) is 1.81. The predicted octanol–water partition coefficient (Wildman–Crippen LogP) is 1.75. The fraction of sp³-hybridized carbons (Fsp3) is 0.222. The Balaban J connectivity index is 2.52. The number of rotatable bonds is 1. The van der Waals surface area contributed by atoms with E-state index in [0.29, 0.717) is 11.7 Å². The van der Waals surface area contributed by atoms with Gasteiger partial charge < -0.3 is 4.52 Å². The molecule has 0 spiro atoms. The van der Waals surface area contributed by atoms with Gasteiger partial charge in [0.05, 0.1) is 0 Å². The molecule has 13 heavy (non-hydrogen) atoms. The number of hydrogen-bond donors (Lipinski definition) is 0. The standard InChI is InChI=1S/C9H9N3O/c1-6-3-4-10-5-8(6)9-11-7(2)13-12-9/h3-5H,1-2H3. The van der Waals surface area contributed by atoms with Gasteiger partial charge in [0.2, 0.25) is 11.7 Å². The van der Waals surface area contributed by atoms with Crippen molar-refractivity contribution in [1.82, 2.24) is 15.1 Å². The van der Waals surface area contributed by atoms with Crippen molar-refractivity contribution in [2.24, 2.45) is 0 Å². The second kappa shape index (κ2) is 2.97. The summed E-state index contributed by atoms with van der Waals surface area (Å²) >= 11 is 0. The summed E-state index contributed by atoms with van der Waals surface area (Å²) in [5.74, 6) is 1.17. The minimum Gasteiger partial charge on any atom is -0.339 e. The number of aromatic nitrogens is 3. The van der Waals surface area contributed by atoms with E-state index in [1.165, 1.54) is 0 Å². The average Bonchev–Trinajstić information content (AvgIpc) is 2.53. The molecule has 66 valence electrons. The van der Waals surface area contributed by atoms with Crippen molar-refractivity contribution in [3.63, 3.8) is 0 Å². The molecule has 0 aromatic carbocycles. The van der Waals surface area contributed by atoms with Gasteiger partial charge in [0, 0.05) is 24.9 Å². The van der Waals surface area contributed by atoms with Crippen LogP contribution in [-0.4, -0.2) is 15.1 Å². The van der Waals surface area contributed by atoms with Crippen LogP contribution in [0.25, 0.3) is 11.4 Å². The molecule has 2 rings (SSSR count). The van der Waals surface area contributed by atoms with E-state index >= 15 is 0 Å². The highest BCUT2D eigenvalue weighted by Gasteiger charge is 2.07. The Morgan fingerprint density at radius 2 is 2.15 bits per heavy atom. The number of pyridine rings is 1. The Hall–Kier alpha value is -1.71. The normalized spacial score (nSPS) is 10.3. The fourth-order valence-electron chi connectivity index (χ4n) is 1.11. The number of aryl methyl sites for hydroxylation is 2. The van der Waals surface area contributed by atoms with Gasteiger partial charge in [-0.2, -0.15) is 4.98 Å². The quantitative estimate of drug-likeness (QED) is 0.662. The van der Waals surface area contributed by atoms with Crippen LogP contribution in [0.2, 0.25) is 0 Å². The number of nitrogens with zero attached hydrogens (tertiary/aromatic N) is 3. The first-order valence-corrected chi connectivity index (χ1v) is 3.98. The topological polar surface area (TPSA) is 51.8 Å². The summed E-state index contributed by atoms with van der Waals surface area (Å²) in [6, 6.07) is 1.92. The zero-order chi connectivity index (χ0) is 9.26. The van der Waals surface area contributed by atoms with E-state index in [-0.39, 0.29) is 0 Å². The van der Waals surface area contributed by atoms with Crippen LogP contribution in [0.15, 0.2) is 23.0 Å². The first-order chi connectivity index (χ1) is 6.27. The average molecular weight is 175 g/mol. The van der Waals surface area contributed by atoms with Gasteiger partial charge >= 0.3 is 0 Å². The van der Waals surface area contributed by atoms with Gasteiger partial charge in [-0.15, -0.1) is 0 Å². The molecule has 0 aliphatic carbocycles. The van der Waals surface area contributed by atoms with Crippen LogP contribution in [0.4, 0.5) is 0 Å². The van der Waals surface area contributed by atoms with Crippen LogP contribution in [0.3, 0.4) is 0 Å². The van der Waals surface area contributed by atoms with Crippen LogP contribution in [0.1, 0.15) is 11.5 Å². The van der Waals surface area contributed by atoms with Crippen LogP contribution >= 0.6 is 0 Å². The van der Waals surface area contributed by atoms with Crippen LogP contribution in [0.5, 0.6) is 0 Å². The summed E-state index contributed by atoms with van der Waals surface area (Å²) < 4.78 is 4.89. The summed E-state index contributed by atoms with van der Waals surface area (Å²) in [6.45, 7) is 3.75. The fourth-order valence-corrected chi connectivity index (χ4v) is 1.11. The molecule has 0 radical (unpaired) electrons. The van der Waals surface area contributed by atoms with Gasteiger partial charge in [0.15, 0.2) is 0 Å². The molecule has 0 saturated carbocycles. The molecule has 0 aliphatic heterocycles. The summed E-state index contributed by atoms with van der Waals surface area (Å²) in [5, 5.41) is 3.82. The lowest BCUT2D eigenvalue weighted by Crippen LogP contribution is -1.86. The van der Waals surface area contributed by atoms with Crippen LogP contribution in [-0.2, 0) is 0 Å². The first kappa shape index (κ1) is 7.91. The lowest BCUT2D eigenvalue weighted by atomic mass is 10.1. The van der Waals surface area contributed by atoms with Gasteiger partial charge in [0.1, 0.15) is 0 Å². The molecule has 2 heterocycles. The summed E-state index contributed by atoms with van der Waals surface area (Å²) in [7, 11) is 0. The maximum Gasteiger partial charge on any atom is 0.223 e. The lowest BCUT2D eigenvalue weighted by Gasteiger charge is -1.96. The van der Waals surface area contributed by atoms with E-state index in [1.807, 2.05) is 13.0 Å². The highest BCUT2D eigenvalue weighted by atomic mass is 16.5. The second-order valence-electron chi connectivity index (χ2n) is 2.83. The Labute approximate surface area is 75.6 Å². The Morgan fingerprint density at radius 1 is 1.31 bits per heavy atom. The molecule has 4 heteroatoms. The molecule has 0 bridgehead atoms. The smallest absolute Gasteiger partial charge is 0.223 e. The Morgan fingerprint density at radius 3 is 2.77 bits per heavy atom. The molecule has 0 saturated heterocycles. The van der Waals surface area contributed by atoms with Gasteiger partial charge in [0.25, 0.3) is 0 Å². The third-order valence-corrected chi connectivity index (χ3v) is 1.81. The molecular weight excluding hydrogens is 166 g/mol. The van der Waals surface area contributed by atoms with E-state index < -0.39 is 0 Å². The molecule has 0 amide bonds. The summed E-state index contributed by atoms with van der Waals surface area (Å²) in [5.41, 5.74) is 2.01. The molecule has 0 unspecified atom stereocenters. The van der Waals surface area contributed by atoms with Gasteiger partial charge in [-0.05, 0) is 18.6 Å². The molecule has 2 aromatic rings. The van der Waals surface area contributed by atoms with Crippen molar-refractivity contribution in [2.75, 3.05) is 0 Å². The zero-order valence-corrected chi connectivity index (χ0v) is 7.48. The molecule has 0 aliphatic rings. The highest BCUT2D eigenvalue weighted by molar-refractivity contribution is 5.57. The SMILES string of the molecule is Cc1nc(-c2cnccc2C)no1. The van der Waals surface area contributed by atoms with Crippen molar-refractivity contribution >= 4 is 0 Å². The third kappa shape index (κ3) is 1.42. The van der Waals surface area contributed by atoms with Gasteiger partial charge in [-0.1, -0.05) is 5.16 Å². The molecule has 0 atom stereocenters. The van der Waals surface area contributed by atoms with E-state index in [0.717, 1.165) is 11.1 Å². The highest BCUT2D eigenvalue weighted by Crippen LogP contribution is 2.17. The maximum atomic E-state index is 4.89. The van der Waals surface area contributed by atoms with E-state index in [2.05, 4.69) is 15.1 Å². The van der Waals surface area contributed by atoms with Crippen LogP contribution in [0, 0.1) is 13.8 Å². The van der Waals surface area contributed by atoms with Gasteiger partial charge in [-0.3, -0.25) is 4.98 Å². The largest absolute Gasteiger partial charge is 0.339 e. The van der Waals surface area contributed by atoms with Crippen molar-refractivity contribution in [2.45, 2.75) is 13.8 Å². The summed E-state index contributed by atoms with van der Waals surface area (Å²) in [6.07, 6.45) is 3.48. The molecular formula is C9H9N3O. The van der Waals surface area contributed by atoms with E-state index in [4.69, 9.17) is 4.52 Å². The predicted molar refractivity (Wildman–Crippen MR) is 47.0 cm³/mol. The molecule has 4 nitrogen and oxygen atoms in total. The minimum atomic E-state index is 0.568. The monoisotopic (exact) mass is 175 g/mol. The molecule has 0 N–H and O–H groups in total. The second-order valence-corrected chi connectivity index (χ2v) is 2.83. The minimum absolute atomic E-state index is 0.568. The summed E-state index contributed by atoms with van der Waals surface area (Å²) in [4.78, 5) is 8.13. The van der Waals surface area contributed by atoms with Crippen molar-refractivity contribution < 1.29 is 4.52 Å². The van der Waals surface area contributed by atoms with Gasteiger partial charge in [-0.25, -0.2) is 0 Å². The molecule has 0 fully saturated rings. The molecule has 2 aromatic heterocycles. The van der Waals surface area contributed by atoms with E-state index in [9.17, 15) is 0 Å². The Kier molecular flexibility index (Phi) is 1.81. The van der Waals surface area contributed by atoms with Crippen LogP contribution < -0.4 is 0 Å².